The third kappa shape index (κ3) is 2.48. The lowest BCUT2D eigenvalue weighted by Gasteiger charge is -2.02. The molecule has 4 nitrogen and oxygen atoms in total. The van der Waals surface area contributed by atoms with E-state index >= 15 is 0 Å². The van der Waals surface area contributed by atoms with Gasteiger partial charge in [0, 0.05) is 0 Å². The van der Waals surface area contributed by atoms with Crippen LogP contribution in [0.1, 0.15) is 13.8 Å². The van der Waals surface area contributed by atoms with Crippen LogP contribution in [0.15, 0.2) is 5.16 Å². The molecular formula is C6H11NO3. The Balaban J connectivity index is 4.06. The Bertz CT molecular complexity index is 153. The molecule has 1 unspecified atom stereocenters. The summed E-state index contributed by atoms with van der Waals surface area (Å²) in [6, 6.07) is 0. The fourth-order valence-electron chi connectivity index (χ4n) is 0.402. The summed E-state index contributed by atoms with van der Waals surface area (Å²) in [5.41, 5.74) is 0.468. The second kappa shape index (κ2) is 3.87. The van der Waals surface area contributed by atoms with Crippen LogP contribution in [-0.4, -0.2) is 23.9 Å². The quantitative estimate of drug-likeness (QED) is 0.470. The summed E-state index contributed by atoms with van der Waals surface area (Å²) in [5.74, 6) is -1.46. The van der Waals surface area contributed by atoms with Crippen molar-refractivity contribution in [2.45, 2.75) is 13.8 Å². The molecule has 4 heteroatoms. The van der Waals surface area contributed by atoms with E-state index in [9.17, 15) is 4.79 Å². The van der Waals surface area contributed by atoms with Crippen molar-refractivity contribution in [3.8, 4) is 0 Å². The van der Waals surface area contributed by atoms with Gasteiger partial charge in [0.1, 0.15) is 7.11 Å². The molecule has 0 aliphatic rings. The van der Waals surface area contributed by atoms with Crippen LogP contribution in [0.25, 0.3) is 0 Å². The minimum absolute atomic E-state index is 0.468. The Kier molecular flexibility index (Phi) is 3.46. The number of oxime groups is 1. The van der Waals surface area contributed by atoms with E-state index in [0.717, 1.165) is 0 Å². The molecule has 0 spiro atoms. The molecule has 0 bridgehead atoms. The summed E-state index contributed by atoms with van der Waals surface area (Å²) >= 11 is 0. The van der Waals surface area contributed by atoms with E-state index in [1.807, 2.05) is 0 Å². The second-order valence-electron chi connectivity index (χ2n) is 1.98. The highest BCUT2D eigenvalue weighted by atomic mass is 16.6. The van der Waals surface area contributed by atoms with E-state index in [1.54, 1.807) is 13.8 Å². The first-order valence-electron chi connectivity index (χ1n) is 2.90. The molecule has 0 aliphatic heterocycles. The van der Waals surface area contributed by atoms with Crippen molar-refractivity contribution in [1.29, 1.82) is 0 Å². The summed E-state index contributed by atoms with van der Waals surface area (Å²) in [5, 5.41) is 11.9. The van der Waals surface area contributed by atoms with Gasteiger partial charge in [0.15, 0.2) is 0 Å². The maximum absolute atomic E-state index is 10.3. The van der Waals surface area contributed by atoms with Gasteiger partial charge in [-0.25, -0.2) is 0 Å². The first-order chi connectivity index (χ1) is 4.59. The van der Waals surface area contributed by atoms with Gasteiger partial charge in [-0.2, -0.15) is 0 Å². The average Bonchev–Trinajstić information content (AvgIpc) is 1.87. The zero-order valence-electron chi connectivity index (χ0n) is 6.29. The molecule has 0 heterocycles. The molecule has 58 valence electrons. The summed E-state index contributed by atoms with van der Waals surface area (Å²) in [6.45, 7) is 3.17. The Morgan fingerprint density at radius 1 is 1.70 bits per heavy atom. The van der Waals surface area contributed by atoms with E-state index in [1.165, 1.54) is 7.11 Å². The summed E-state index contributed by atoms with van der Waals surface area (Å²) < 4.78 is 0. The largest absolute Gasteiger partial charge is 0.481 e. The smallest absolute Gasteiger partial charge is 0.312 e. The van der Waals surface area contributed by atoms with E-state index in [2.05, 4.69) is 9.99 Å². The van der Waals surface area contributed by atoms with E-state index in [4.69, 9.17) is 5.11 Å². The van der Waals surface area contributed by atoms with Crippen LogP contribution >= 0.6 is 0 Å². The van der Waals surface area contributed by atoms with Crippen molar-refractivity contribution in [1.82, 2.24) is 0 Å². The third-order valence-corrected chi connectivity index (χ3v) is 1.23. The van der Waals surface area contributed by atoms with Gasteiger partial charge in [-0.15, -0.1) is 0 Å². The Morgan fingerprint density at radius 3 is 2.50 bits per heavy atom. The summed E-state index contributed by atoms with van der Waals surface area (Å²) in [7, 11) is 1.39. The van der Waals surface area contributed by atoms with Crippen LogP contribution in [0, 0.1) is 5.92 Å². The SMILES string of the molecule is CO/N=C(/C)C(C)C(=O)O. The van der Waals surface area contributed by atoms with Crippen molar-refractivity contribution in [2.24, 2.45) is 11.1 Å². The molecule has 0 aromatic rings. The summed E-state index contributed by atoms with van der Waals surface area (Å²) in [6.07, 6.45) is 0. The molecule has 1 atom stereocenters. The predicted octanol–water partition coefficient (Wildman–Crippen LogP) is 0.729. The molecule has 10 heavy (non-hydrogen) atoms. The molecule has 0 aromatic heterocycles. The van der Waals surface area contributed by atoms with E-state index in [0.29, 0.717) is 5.71 Å². The Morgan fingerprint density at radius 2 is 2.20 bits per heavy atom. The van der Waals surface area contributed by atoms with Crippen molar-refractivity contribution in [2.75, 3.05) is 7.11 Å². The molecule has 0 saturated carbocycles. The number of carboxylic acids is 1. The zero-order valence-corrected chi connectivity index (χ0v) is 6.29. The number of carboxylic acid groups (broad SMARTS) is 1. The topological polar surface area (TPSA) is 58.9 Å². The van der Waals surface area contributed by atoms with Crippen LogP contribution in [-0.2, 0) is 9.63 Å². The predicted molar refractivity (Wildman–Crippen MR) is 36.9 cm³/mol. The molecule has 0 rings (SSSR count). The van der Waals surface area contributed by atoms with Gasteiger partial charge in [-0.1, -0.05) is 5.16 Å². The Labute approximate surface area is 59.5 Å². The van der Waals surface area contributed by atoms with Crippen LogP contribution in [0.4, 0.5) is 0 Å². The fraction of sp³-hybridized carbons (Fsp3) is 0.667. The molecule has 0 aliphatic carbocycles. The number of nitrogens with zero attached hydrogens (tertiary/aromatic N) is 1. The number of hydrogen-bond acceptors (Lipinski definition) is 3. The van der Waals surface area contributed by atoms with Crippen molar-refractivity contribution in [3.05, 3.63) is 0 Å². The molecule has 0 fully saturated rings. The number of hydrogen-bond donors (Lipinski definition) is 1. The first-order valence-corrected chi connectivity index (χ1v) is 2.90. The standard InChI is InChI=1S/C6H11NO3/c1-4(6(8)9)5(2)7-10-3/h4H,1-3H3,(H,8,9)/b7-5-. The third-order valence-electron chi connectivity index (χ3n) is 1.23. The first kappa shape index (κ1) is 8.94. The minimum Gasteiger partial charge on any atom is -0.481 e. The fourth-order valence-corrected chi connectivity index (χ4v) is 0.402. The summed E-state index contributed by atoms with van der Waals surface area (Å²) in [4.78, 5) is 14.7. The zero-order chi connectivity index (χ0) is 8.15. The maximum Gasteiger partial charge on any atom is 0.312 e. The van der Waals surface area contributed by atoms with Gasteiger partial charge in [0.25, 0.3) is 0 Å². The molecule has 0 radical (unpaired) electrons. The number of aliphatic carboxylic acids is 1. The lowest BCUT2D eigenvalue weighted by atomic mass is 10.1. The molecule has 0 saturated heterocycles. The van der Waals surface area contributed by atoms with Gasteiger partial charge >= 0.3 is 5.97 Å². The molecule has 0 amide bonds. The van der Waals surface area contributed by atoms with E-state index in [-0.39, 0.29) is 0 Å². The highest BCUT2D eigenvalue weighted by molar-refractivity contribution is 5.99. The van der Waals surface area contributed by atoms with Crippen molar-refractivity contribution in [3.63, 3.8) is 0 Å². The minimum atomic E-state index is -0.890. The van der Waals surface area contributed by atoms with Crippen molar-refractivity contribution >= 4 is 11.7 Å². The van der Waals surface area contributed by atoms with Crippen LogP contribution < -0.4 is 0 Å². The lowest BCUT2D eigenvalue weighted by molar-refractivity contribution is -0.138. The number of carbonyl (C=O) groups is 1. The highest BCUT2D eigenvalue weighted by Gasteiger charge is 2.14. The average molecular weight is 145 g/mol. The Hall–Kier alpha value is -1.06. The number of rotatable bonds is 3. The van der Waals surface area contributed by atoms with E-state index < -0.39 is 11.9 Å². The van der Waals surface area contributed by atoms with Crippen LogP contribution in [0.2, 0.25) is 0 Å². The van der Waals surface area contributed by atoms with Gasteiger partial charge in [-0.05, 0) is 13.8 Å². The second-order valence-corrected chi connectivity index (χ2v) is 1.98. The van der Waals surface area contributed by atoms with Crippen LogP contribution in [0.5, 0.6) is 0 Å². The van der Waals surface area contributed by atoms with Gasteiger partial charge in [0.05, 0.1) is 11.6 Å². The van der Waals surface area contributed by atoms with Gasteiger partial charge in [0.2, 0.25) is 0 Å². The molecule has 0 aromatic carbocycles. The normalized spacial score (nSPS) is 14.5. The molecular weight excluding hydrogens is 134 g/mol. The highest BCUT2D eigenvalue weighted by Crippen LogP contribution is 1.98. The monoisotopic (exact) mass is 145 g/mol. The molecule has 1 N–H and O–H groups in total. The lowest BCUT2D eigenvalue weighted by Crippen LogP contribution is -2.17. The van der Waals surface area contributed by atoms with Gasteiger partial charge in [-0.3, -0.25) is 4.79 Å². The van der Waals surface area contributed by atoms with Crippen LogP contribution in [0.3, 0.4) is 0 Å². The van der Waals surface area contributed by atoms with Crippen molar-refractivity contribution < 1.29 is 14.7 Å². The van der Waals surface area contributed by atoms with Gasteiger partial charge < -0.3 is 9.94 Å². The maximum atomic E-state index is 10.3.